The van der Waals surface area contributed by atoms with Crippen molar-refractivity contribution in [2.45, 2.75) is 0 Å². The largest absolute Gasteiger partial charge is 0.492 e. The Bertz CT molecular complexity index is 719. The van der Waals surface area contributed by atoms with Crippen LogP contribution in [-0.2, 0) is 0 Å². The van der Waals surface area contributed by atoms with Crippen LogP contribution in [0.15, 0.2) is 54.9 Å². The smallest absolute Gasteiger partial charge is 0.121 e. The van der Waals surface area contributed by atoms with E-state index in [2.05, 4.69) is 32.7 Å². The van der Waals surface area contributed by atoms with E-state index in [9.17, 15) is 0 Å². The summed E-state index contributed by atoms with van der Waals surface area (Å²) in [5.41, 5.74) is 3.14. The van der Waals surface area contributed by atoms with Crippen molar-refractivity contribution in [1.29, 1.82) is 0 Å². The van der Waals surface area contributed by atoms with Crippen molar-refractivity contribution in [3.8, 4) is 11.4 Å². The van der Waals surface area contributed by atoms with E-state index in [-0.39, 0.29) is 0 Å². The minimum absolute atomic E-state index is 0.678. The van der Waals surface area contributed by atoms with Gasteiger partial charge in [0.25, 0.3) is 0 Å². The Kier molecular flexibility index (Phi) is 3.88. The van der Waals surface area contributed by atoms with Crippen LogP contribution in [0.1, 0.15) is 0 Å². The molecule has 0 N–H and O–H groups in total. The average Bonchev–Trinajstić information content (AvgIpc) is 2.91. The van der Waals surface area contributed by atoms with E-state index in [1.54, 1.807) is 0 Å². The lowest BCUT2D eigenvalue weighted by Crippen LogP contribution is -2.19. The van der Waals surface area contributed by atoms with Crippen molar-refractivity contribution in [1.82, 2.24) is 14.5 Å². The highest BCUT2D eigenvalue weighted by atomic mass is 16.5. The standard InChI is InChI=1S/C17H19N3O/c1-19(2)10-11-21-15-8-9-17-16(12-15)18-13-20(17)14-6-4-3-5-7-14/h3-9,12-13H,10-11H2,1-2H3. The molecule has 3 rings (SSSR count). The Hall–Kier alpha value is -2.33. The zero-order valence-corrected chi connectivity index (χ0v) is 12.4. The summed E-state index contributed by atoms with van der Waals surface area (Å²) in [6.07, 6.45) is 1.85. The number of benzene rings is 2. The molecule has 0 saturated heterocycles. The molecule has 0 aliphatic rings. The Morgan fingerprint density at radius 3 is 2.67 bits per heavy atom. The van der Waals surface area contributed by atoms with Crippen molar-refractivity contribution in [2.24, 2.45) is 0 Å². The van der Waals surface area contributed by atoms with Gasteiger partial charge in [0.1, 0.15) is 18.7 Å². The van der Waals surface area contributed by atoms with E-state index in [1.807, 2.05) is 50.8 Å². The first-order valence-corrected chi connectivity index (χ1v) is 7.04. The van der Waals surface area contributed by atoms with Gasteiger partial charge in [0, 0.05) is 18.3 Å². The van der Waals surface area contributed by atoms with Gasteiger partial charge < -0.3 is 9.64 Å². The van der Waals surface area contributed by atoms with Gasteiger partial charge >= 0.3 is 0 Å². The maximum Gasteiger partial charge on any atom is 0.121 e. The molecule has 1 heterocycles. The minimum Gasteiger partial charge on any atom is -0.492 e. The van der Waals surface area contributed by atoms with E-state index in [0.717, 1.165) is 29.0 Å². The average molecular weight is 281 g/mol. The van der Waals surface area contributed by atoms with Gasteiger partial charge in [-0.1, -0.05) is 18.2 Å². The molecule has 108 valence electrons. The number of nitrogens with zero attached hydrogens (tertiary/aromatic N) is 3. The number of ether oxygens (including phenoxy) is 1. The number of para-hydroxylation sites is 1. The van der Waals surface area contributed by atoms with Crippen molar-refractivity contribution in [2.75, 3.05) is 27.2 Å². The van der Waals surface area contributed by atoms with Crippen LogP contribution in [0.5, 0.6) is 5.75 Å². The van der Waals surface area contributed by atoms with Gasteiger partial charge in [-0.3, -0.25) is 4.57 Å². The Morgan fingerprint density at radius 1 is 1.10 bits per heavy atom. The normalized spacial score (nSPS) is 11.2. The summed E-state index contributed by atoms with van der Waals surface area (Å²) in [6, 6.07) is 16.3. The van der Waals surface area contributed by atoms with E-state index in [0.29, 0.717) is 6.61 Å². The fourth-order valence-corrected chi connectivity index (χ4v) is 2.22. The topological polar surface area (TPSA) is 30.3 Å². The molecule has 0 aliphatic heterocycles. The van der Waals surface area contributed by atoms with Crippen LogP contribution in [0.2, 0.25) is 0 Å². The highest BCUT2D eigenvalue weighted by molar-refractivity contribution is 5.78. The van der Waals surface area contributed by atoms with Crippen LogP contribution in [0.4, 0.5) is 0 Å². The number of imidazole rings is 1. The molecule has 1 aromatic heterocycles. The second kappa shape index (κ2) is 5.97. The molecule has 0 amide bonds. The number of hydrogen-bond acceptors (Lipinski definition) is 3. The van der Waals surface area contributed by atoms with Crippen LogP contribution < -0.4 is 4.74 Å². The molecule has 0 fully saturated rings. The van der Waals surface area contributed by atoms with Crippen LogP contribution in [-0.4, -0.2) is 41.7 Å². The van der Waals surface area contributed by atoms with Gasteiger partial charge in [0.05, 0.1) is 11.0 Å². The van der Waals surface area contributed by atoms with E-state index < -0.39 is 0 Å². The van der Waals surface area contributed by atoms with Gasteiger partial charge in [-0.05, 0) is 38.4 Å². The molecule has 0 atom stereocenters. The lowest BCUT2D eigenvalue weighted by atomic mass is 10.2. The summed E-state index contributed by atoms with van der Waals surface area (Å²) < 4.78 is 7.83. The molecule has 2 aromatic carbocycles. The first-order valence-electron chi connectivity index (χ1n) is 7.04. The molecule has 4 heteroatoms. The zero-order chi connectivity index (χ0) is 14.7. The SMILES string of the molecule is CN(C)CCOc1ccc2c(c1)ncn2-c1ccccc1. The predicted molar refractivity (Wildman–Crippen MR) is 85.1 cm³/mol. The molecule has 0 unspecified atom stereocenters. The van der Waals surface area contributed by atoms with E-state index >= 15 is 0 Å². The monoisotopic (exact) mass is 281 g/mol. The van der Waals surface area contributed by atoms with Crippen molar-refractivity contribution in [3.63, 3.8) is 0 Å². The second-order valence-corrected chi connectivity index (χ2v) is 5.25. The summed E-state index contributed by atoms with van der Waals surface area (Å²) >= 11 is 0. The van der Waals surface area contributed by atoms with Crippen molar-refractivity contribution < 1.29 is 4.74 Å². The van der Waals surface area contributed by atoms with E-state index in [1.165, 1.54) is 0 Å². The van der Waals surface area contributed by atoms with Gasteiger partial charge in [0.2, 0.25) is 0 Å². The fraction of sp³-hybridized carbons (Fsp3) is 0.235. The first kappa shape index (κ1) is 13.6. The summed E-state index contributed by atoms with van der Waals surface area (Å²) in [5, 5.41) is 0. The third-order valence-electron chi connectivity index (χ3n) is 3.36. The molecule has 4 nitrogen and oxygen atoms in total. The van der Waals surface area contributed by atoms with Gasteiger partial charge in [-0.25, -0.2) is 4.98 Å². The molecule has 0 saturated carbocycles. The third kappa shape index (κ3) is 3.06. The summed E-state index contributed by atoms with van der Waals surface area (Å²) in [4.78, 5) is 6.57. The third-order valence-corrected chi connectivity index (χ3v) is 3.36. The minimum atomic E-state index is 0.678. The van der Waals surface area contributed by atoms with Crippen LogP contribution in [0, 0.1) is 0 Å². The zero-order valence-electron chi connectivity index (χ0n) is 12.4. The summed E-state index contributed by atoms with van der Waals surface area (Å²) in [6.45, 7) is 1.58. The number of rotatable bonds is 5. The van der Waals surface area contributed by atoms with Gasteiger partial charge in [-0.15, -0.1) is 0 Å². The quantitative estimate of drug-likeness (QED) is 0.720. The molecule has 3 aromatic rings. The molecule has 0 radical (unpaired) electrons. The fourth-order valence-electron chi connectivity index (χ4n) is 2.22. The van der Waals surface area contributed by atoms with Crippen LogP contribution in [0.25, 0.3) is 16.7 Å². The van der Waals surface area contributed by atoms with E-state index in [4.69, 9.17) is 4.74 Å². The molecular weight excluding hydrogens is 262 g/mol. The van der Waals surface area contributed by atoms with Crippen molar-refractivity contribution in [3.05, 3.63) is 54.9 Å². The van der Waals surface area contributed by atoms with Gasteiger partial charge in [-0.2, -0.15) is 0 Å². The Morgan fingerprint density at radius 2 is 1.90 bits per heavy atom. The highest BCUT2D eigenvalue weighted by Crippen LogP contribution is 2.22. The Labute approximate surface area is 124 Å². The van der Waals surface area contributed by atoms with Crippen molar-refractivity contribution >= 4 is 11.0 Å². The lowest BCUT2D eigenvalue weighted by molar-refractivity contribution is 0.261. The highest BCUT2D eigenvalue weighted by Gasteiger charge is 2.05. The molecule has 0 aliphatic carbocycles. The predicted octanol–water partition coefficient (Wildman–Crippen LogP) is 2.97. The summed E-state index contributed by atoms with van der Waals surface area (Å²) in [5.74, 6) is 0.864. The lowest BCUT2D eigenvalue weighted by Gasteiger charge is -2.11. The second-order valence-electron chi connectivity index (χ2n) is 5.25. The first-order chi connectivity index (χ1) is 10.2. The molecule has 0 bridgehead atoms. The maximum absolute atomic E-state index is 5.75. The Balaban J connectivity index is 1.84. The molecular formula is C17H19N3O. The number of fused-ring (bicyclic) bond motifs is 1. The number of likely N-dealkylation sites (N-methyl/N-ethyl adjacent to an activating group) is 1. The van der Waals surface area contributed by atoms with Gasteiger partial charge in [0.15, 0.2) is 0 Å². The number of aromatic nitrogens is 2. The summed E-state index contributed by atoms with van der Waals surface area (Å²) in [7, 11) is 4.07. The maximum atomic E-state index is 5.75. The van der Waals surface area contributed by atoms with Crippen LogP contribution in [0.3, 0.4) is 0 Å². The molecule has 21 heavy (non-hydrogen) atoms. The number of hydrogen-bond donors (Lipinski definition) is 0. The molecule has 0 spiro atoms. The van der Waals surface area contributed by atoms with Crippen LogP contribution >= 0.6 is 0 Å².